The zero-order chi connectivity index (χ0) is 45.6. The third-order valence-electron chi connectivity index (χ3n) is 12.4. The van der Waals surface area contributed by atoms with Gasteiger partial charge in [-0.25, -0.2) is 13.9 Å². The monoisotopic (exact) mass is 882 g/mol. The Hall–Kier alpha value is -7.38. The van der Waals surface area contributed by atoms with E-state index < -0.39 is 47.2 Å². The SMILES string of the molecule is Cc1ccc(-c2ccccc2C(=O)Nc2ccc(N3CCC(N(C)Cc4cc(F)c5c(c4)CN(C4CCC(=O)NC4=O)C5=O)CC3)c(C(F)(F)F)c2)cc1C#Cc1cnc2cccnn12. The molecule has 6 aromatic rings. The second-order valence-electron chi connectivity index (χ2n) is 16.6. The van der Waals surface area contributed by atoms with E-state index in [-0.39, 0.29) is 47.9 Å². The van der Waals surface area contributed by atoms with Gasteiger partial charge in [0.2, 0.25) is 11.8 Å². The summed E-state index contributed by atoms with van der Waals surface area (Å²) in [6, 6.07) is 22.2. The van der Waals surface area contributed by atoms with Crippen molar-refractivity contribution >= 4 is 40.7 Å². The Labute approximate surface area is 371 Å². The number of aromatic nitrogens is 3. The number of carbonyl (C=O) groups is 4. The normalized spacial score (nSPS) is 16.7. The predicted octanol–water partition coefficient (Wildman–Crippen LogP) is 7.38. The van der Waals surface area contributed by atoms with Gasteiger partial charge in [-0.05, 0) is 116 Å². The molecule has 0 radical (unpaired) electrons. The van der Waals surface area contributed by atoms with Gasteiger partial charge in [0, 0.05) is 67.3 Å². The Morgan fingerprint density at radius 1 is 0.954 bits per heavy atom. The Bertz CT molecular complexity index is 2970. The van der Waals surface area contributed by atoms with Crippen molar-refractivity contribution < 1.29 is 36.7 Å². The van der Waals surface area contributed by atoms with Crippen LogP contribution in [0.1, 0.15) is 79.9 Å². The van der Waals surface area contributed by atoms with E-state index in [1.807, 2.05) is 43.1 Å². The number of piperidine rings is 2. The van der Waals surface area contributed by atoms with Crippen LogP contribution in [0.15, 0.2) is 97.3 Å². The maximum atomic E-state index is 15.4. The summed E-state index contributed by atoms with van der Waals surface area (Å²) in [5.41, 5.74) is 4.61. The van der Waals surface area contributed by atoms with Gasteiger partial charge in [-0.2, -0.15) is 18.3 Å². The first-order valence-corrected chi connectivity index (χ1v) is 21.2. The number of nitrogens with zero attached hydrogens (tertiary/aromatic N) is 6. The van der Waals surface area contributed by atoms with E-state index in [1.54, 1.807) is 58.2 Å². The maximum Gasteiger partial charge on any atom is 0.418 e. The molecular weight excluding hydrogens is 841 g/mol. The van der Waals surface area contributed by atoms with Crippen LogP contribution in [0.25, 0.3) is 16.8 Å². The highest BCUT2D eigenvalue weighted by Crippen LogP contribution is 2.40. The number of halogens is 4. The van der Waals surface area contributed by atoms with Gasteiger partial charge < -0.3 is 15.1 Å². The summed E-state index contributed by atoms with van der Waals surface area (Å²) >= 11 is 0. The fraction of sp³-hybridized carbons (Fsp3) is 0.265. The highest BCUT2D eigenvalue weighted by Gasteiger charge is 2.41. The molecular formula is C49H42F4N8O4. The Kier molecular flexibility index (Phi) is 11.4. The number of nitrogens with one attached hydrogen (secondary N) is 2. The lowest BCUT2D eigenvalue weighted by Gasteiger charge is -2.39. The summed E-state index contributed by atoms with van der Waals surface area (Å²) in [6.07, 6.45) is -0.106. The molecule has 65 heavy (non-hydrogen) atoms. The zero-order valence-corrected chi connectivity index (χ0v) is 35.4. The van der Waals surface area contributed by atoms with Crippen molar-refractivity contribution in [2.75, 3.05) is 30.4 Å². The fourth-order valence-electron chi connectivity index (χ4n) is 8.99. The summed E-state index contributed by atoms with van der Waals surface area (Å²) in [5.74, 6) is 3.49. The molecule has 4 aromatic carbocycles. The first-order chi connectivity index (χ1) is 31.2. The number of fused-ring (bicyclic) bond motifs is 2. The van der Waals surface area contributed by atoms with Crippen LogP contribution in [0.3, 0.4) is 0 Å². The molecule has 0 aliphatic carbocycles. The summed E-state index contributed by atoms with van der Waals surface area (Å²) in [4.78, 5) is 60.4. The van der Waals surface area contributed by atoms with Crippen LogP contribution in [0, 0.1) is 24.6 Å². The van der Waals surface area contributed by atoms with Gasteiger partial charge in [0.1, 0.15) is 17.6 Å². The molecule has 330 valence electrons. The van der Waals surface area contributed by atoms with Gasteiger partial charge >= 0.3 is 6.18 Å². The van der Waals surface area contributed by atoms with Crippen molar-refractivity contribution in [3.8, 4) is 23.0 Å². The number of benzene rings is 4. The van der Waals surface area contributed by atoms with Crippen molar-refractivity contribution in [3.63, 3.8) is 0 Å². The minimum absolute atomic E-state index is 0.00360. The van der Waals surface area contributed by atoms with Crippen LogP contribution in [0.4, 0.5) is 28.9 Å². The number of amides is 4. The van der Waals surface area contributed by atoms with Crippen molar-refractivity contribution in [2.45, 2.75) is 64.0 Å². The number of aryl methyl sites for hydroxylation is 1. The van der Waals surface area contributed by atoms with Gasteiger partial charge in [0.15, 0.2) is 5.65 Å². The largest absolute Gasteiger partial charge is 0.418 e. The van der Waals surface area contributed by atoms with Crippen LogP contribution in [-0.4, -0.2) is 80.2 Å². The number of alkyl halides is 3. The molecule has 4 amide bonds. The quantitative estimate of drug-likeness (QED) is 0.0921. The van der Waals surface area contributed by atoms with E-state index in [9.17, 15) is 32.3 Å². The Morgan fingerprint density at radius 2 is 1.75 bits per heavy atom. The van der Waals surface area contributed by atoms with Crippen LogP contribution in [0.5, 0.6) is 0 Å². The third-order valence-corrected chi connectivity index (χ3v) is 12.4. The highest BCUT2D eigenvalue weighted by atomic mass is 19.4. The molecule has 9 rings (SSSR count). The molecule has 1 atom stereocenters. The molecule has 12 nitrogen and oxygen atoms in total. The average molecular weight is 883 g/mol. The Morgan fingerprint density at radius 3 is 2.54 bits per heavy atom. The Balaban J connectivity index is 0.862. The molecule has 0 saturated carbocycles. The lowest BCUT2D eigenvalue weighted by atomic mass is 9.95. The first kappa shape index (κ1) is 42.9. The number of rotatable bonds is 8. The molecule has 0 spiro atoms. The van der Waals surface area contributed by atoms with Crippen molar-refractivity contribution in [1.82, 2.24) is 29.7 Å². The zero-order valence-electron chi connectivity index (χ0n) is 35.4. The molecule has 5 heterocycles. The van der Waals surface area contributed by atoms with E-state index >= 15 is 4.39 Å². The minimum Gasteiger partial charge on any atom is -0.371 e. The maximum absolute atomic E-state index is 15.4. The molecule has 16 heteroatoms. The number of hydrogen-bond acceptors (Lipinski definition) is 8. The topological polar surface area (TPSA) is 132 Å². The molecule has 2 fully saturated rings. The average Bonchev–Trinajstić information content (AvgIpc) is 3.86. The molecule has 0 bridgehead atoms. The second kappa shape index (κ2) is 17.3. The molecule has 2 saturated heterocycles. The van der Waals surface area contributed by atoms with Gasteiger partial charge in [-0.1, -0.05) is 42.3 Å². The summed E-state index contributed by atoms with van der Waals surface area (Å²) in [7, 11) is 1.87. The van der Waals surface area contributed by atoms with Crippen molar-refractivity contribution in [2.24, 2.45) is 0 Å². The minimum atomic E-state index is -4.72. The van der Waals surface area contributed by atoms with E-state index in [0.29, 0.717) is 66.1 Å². The predicted molar refractivity (Wildman–Crippen MR) is 234 cm³/mol. The molecule has 2 N–H and O–H groups in total. The third kappa shape index (κ3) is 8.67. The second-order valence-corrected chi connectivity index (χ2v) is 16.6. The lowest BCUT2D eigenvalue weighted by molar-refractivity contribution is -0.138. The van der Waals surface area contributed by atoms with Crippen LogP contribution < -0.4 is 15.5 Å². The smallest absolute Gasteiger partial charge is 0.371 e. The number of carbonyl (C=O) groups excluding carboxylic acids is 4. The summed E-state index contributed by atoms with van der Waals surface area (Å²) in [6.45, 7) is 2.94. The van der Waals surface area contributed by atoms with E-state index in [4.69, 9.17) is 0 Å². The lowest BCUT2D eigenvalue weighted by Crippen LogP contribution is -2.52. The van der Waals surface area contributed by atoms with Gasteiger partial charge in [0.25, 0.3) is 11.8 Å². The first-order valence-electron chi connectivity index (χ1n) is 21.2. The fourth-order valence-corrected chi connectivity index (χ4v) is 8.99. The number of imidazole rings is 1. The van der Waals surface area contributed by atoms with Gasteiger partial charge in [-0.15, -0.1) is 0 Å². The van der Waals surface area contributed by atoms with Crippen molar-refractivity contribution in [1.29, 1.82) is 0 Å². The molecule has 2 aromatic heterocycles. The van der Waals surface area contributed by atoms with Crippen LogP contribution in [-0.2, 0) is 28.9 Å². The number of imide groups is 1. The van der Waals surface area contributed by atoms with E-state index in [2.05, 4.69) is 32.6 Å². The molecule has 1 unspecified atom stereocenters. The molecule has 3 aliphatic rings. The van der Waals surface area contributed by atoms with Gasteiger partial charge in [-0.3, -0.25) is 29.4 Å². The summed E-state index contributed by atoms with van der Waals surface area (Å²) in [5, 5.41) is 9.26. The number of hydrogen-bond donors (Lipinski definition) is 2. The number of anilines is 2. The highest BCUT2D eigenvalue weighted by molar-refractivity contribution is 6.09. The van der Waals surface area contributed by atoms with Gasteiger partial charge in [0.05, 0.1) is 17.3 Å². The molecule has 3 aliphatic heterocycles. The van der Waals surface area contributed by atoms with Crippen molar-refractivity contribution in [3.05, 3.63) is 148 Å². The standard InChI is InChI=1S/C49H42F4N8O4/c1-29-9-10-32(24-31(29)11-13-36-26-54-43-8-5-19-55-61(36)43)37-6-3-4-7-38(37)46(63)56-34-12-14-41(39(25-34)49(51,52)53)59-20-17-35(18-21-59)58(2)27-30-22-33-28-60(48(65)45(33)40(50)23-30)42-15-16-44(62)57-47(42)64/h3-10,12,14,19,22-26,35,42H,15-18,20-21,27-28H2,1-2H3,(H,56,63)(H,57,62,64). The van der Waals surface area contributed by atoms with E-state index in [1.165, 1.54) is 23.1 Å². The van der Waals surface area contributed by atoms with E-state index in [0.717, 1.165) is 17.2 Å². The summed E-state index contributed by atoms with van der Waals surface area (Å²) < 4.78 is 61.3. The van der Waals surface area contributed by atoms with Crippen LogP contribution in [0.2, 0.25) is 0 Å². The van der Waals surface area contributed by atoms with Crippen LogP contribution >= 0.6 is 0 Å².